The summed E-state index contributed by atoms with van der Waals surface area (Å²) in [6.45, 7) is 0. The van der Waals surface area contributed by atoms with Crippen molar-refractivity contribution in [3.05, 3.63) is 76.3 Å². The Balaban J connectivity index is 1.48. The molecule has 32 heavy (non-hydrogen) atoms. The van der Waals surface area contributed by atoms with E-state index in [-0.39, 0.29) is 5.91 Å². The second-order valence-corrected chi connectivity index (χ2v) is 7.97. The number of nitrogens with zero attached hydrogens (tertiary/aromatic N) is 2. The third-order valence-electron chi connectivity index (χ3n) is 4.65. The van der Waals surface area contributed by atoms with Crippen LogP contribution in [-0.4, -0.2) is 41.0 Å². The van der Waals surface area contributed by atoms with Gasteiger partial charge in [-0.1, -0.05) is 29.3 Å². The SMILES string of the molecule is CN(C)C(=O)c1ccc(NC(=O)Oc2ccc3nc(-c4c(Cl)cccc4Cl)[nH]c3c2)cc1. The number of halogens is 2. The van der Waals surface area contributed by atoms with Crippen molar-refractivity contribution in [2.24, 2.45) is 0 Å². The van der Waals surface area contributed by atoms with Gasteiger partial charge in [-0.2, -0.15) is 0 Å². The highest BCUT2D eigenvalue weighted by atomic mass is 35.5. The van der Waals surface area contributed by atoms with Crippen LogP contribution in [0, 0.1) is 0 Å². The second-order valence-electron chi connectivity index (χ2n) is 7.15. The van der Waals surface area contributed by atoms with E-state index in [1.165, 1.54) is 4.90 Å². The molecule has 0 aliphatic rings. The highest BCUT2D eigenvalue weighted by molar-refractivity contribution is 6.39. The lowest BCUT2D eigenvalue weighted by Gasteiger charge is -2.11. The molecule has 0 saturated heterocycles. The van der Waals surface area contributed by atoms with E-state index in [0.29, 0.717) is 49.5 Å². The third-order valence-corrected chi connectivity index (χ3v) is 5.28. The summed E-state index contributed by atoms with van der Waals surface area (Å²) in [7, 11) is 3.35. The molecule has 0 unspecified atom stereocenters. The first kappa shape index (κ1) is 21.7. The number of fused-ring (bicyclic) bond motifs is 1. The quantitative estimate of drug-likeness (QED) is 0.393. The lowest BCUT2D eigenvalue weighted by molar-refractivity contribution is 0.0827. The summed E-state index contributed by atoms with van der Waals surface area (Å²) in [6.07, 6.45) is -0.662. The van der Waals surface area contributed by atoms with Crippen LogP contribution in [0.4, 0.5) is 10.5 Å². The Morgan fingerprint density at radius 3 is 2.34 bits per heavy atom. The van der Waals surface area contributed by atoms with E-state index in [2.05, 4.69) is 15.3 Å². The van der Waals surface area contributed by atoms with Crippen molar-refractivity contribution in [3.63, 3.8) is 0 Å². The number of aromatic nitrogens is 2. The summed E-state index contributed by atoms with van der Waals surface area (Å²) in [4.78, 5) is 33.4. The molecule has 1 heterocycles. The van der Waals surface area contributed by atoms with Crippen molar-refractivity contribution < 1.29 is 14.3 Å². The molecule has 0 aliphatic heterocycles. The van der Waals surface area contributed by atoms with Gasteiger partial charge in [-0.05, 0) is 48.5 Å². The lowest BCUT2D eigenvalue weighted by atomic mass is 10.2. The fourth-order valence-corrected chi connectivity index (χ4v) is 3.68. The summed E-state index contributed by atoms with van der Waals surface area (Å²) in [5.74, 6) is 0.726. The zero-order chi connectivity index (χ0) is 22.8. The molecule has 7 nitrogen and oxygen atoms in total. The molecule has 0 fully saturated rings. The fraction of sp³-hybridized carbons (Fsp3) is 0.0870. The molecular weight excluding hydrogens is 451 g/mol. The third kappa shape index (κ3) is 4.54. The number of hydrogen-bond donors (Lipinski definition) is 2. The van der Waals surface area contributed by atoms with Gasteiger partial charge in [-0.3, -0.25) is 10.1 Å². The Labute approximate surface area is 193 Å². The number of carbonyl (C=O) groups excluding carboxylic acids is 2. The number of imidazole rings is 1. The number of benzene rings is 3. The Kier molecular flexibility index (Phi) is 6.03. The van der Waals surface area contributed by atoms with Gasteiger partial charge in [0.15, 0.2) is 0 Å². The average molecular weight is 469 g/mol. The Morgan fingerprint density at radius 1 is 1.00 bits per heavy atom. The number of ether oxygens (including phenoxy) is 1. The van der Waals surface area contributed by atoms with E-state index in [9.17, 15) is 9.59 Å². The van der Waals surface area contributed by atoms with Crippen molar-refractivity contribution in [2.75, 3.05) is 19.4 Å². The van der Waals surface area contributed by atoms with Crippen LogP contribution in [0.25, 0.3) is 22.4 Å². The average Bonchev–Trinajstić information content (AvgIpc) is 3.16. The minimum atomic E-state index is -0.662. The zero-order valence-corrected chi connectivity index (χ0v) is 18.7. The maximum absolute atomic E-state index is 12.3. The Hall–Kier alpha value is -3.55. The predicted octanol–water partition coefficient (Wildman–Crippen LogP) is 5.85. The molecule has 4 aromatic rings. The van der Waals surface area contributed by atoms with Crippen LogP contribution < -0.4 is 10.1 Å². The van der Waals surface area contributed by atoms with Crippen LogP contribution in [-0.2, 0) is 0 Å². The zero-order valence-electron chi connectivity index (χ0n) is 17.1. The first-order valence-electron chi connectivity index (χ1n) is 9.56. The molecule has 2 amide bonds. The number of amides is 2. The van der Waals surface area contributed by atoms with Crippen molar-refractivity contribution >= 4 is 51.9 Å². The molecule has 2 N–H and O–H groups in total. The summed E-state index contributed by atoms with van der Waals surface area (Å²) in [5, 5.41) is 3.59. The maximum atomic E-state index is 12.3. The van der Waals surface area contributed by atoms with E-state index in [0.717, 1.165) is 0 Å². The standard InChI is InChI=1S/C23H18Cl2N4O3/c1-29(2)22(30)13-6-8-14(9-7-13)26-23(31)32-15-10-11-18-19(12-15)28-21(27-18)20-16(24)4-3-5-17(20)25/h3-12H,1-2H3,(H,26,31)(H,27,28). The summed E-state index contributed by atoms with van der Waals surface area (Å²) >= 11 is 12.5. The van der Waals surface area contributed by atoms with Crippen LogP contribution in [0.15, 0.2) is 60.7 Å². The Bertz CT molecular complexity index is 1300. The summed E-state index contributed by atoms with van der Waals surface area (Å²) < 4.78 is 5.38. The normalized spacial score (nSPS) is 10.8. The lowest BCUT2D eigenvalue weighted by Crippen LogP contribution is -2.21. The van der Waals surface area contributed by atoms with Gasteiger partial charge in [-0.15, -0.1) is 0 Å². The number of carbonyl (C=O) groups is 2. The molecule has 0 aliphatic carbocycles. The van der Waals surface area contributed by atoms with Gasteiger partial charge in [0, 0.05) is 31.4 Å². The molecule has 162 valence electrons. The molecule has 4 rings (SSSR count). The van der Waals surface area contributed by atoms with Crippen molar-refractivity contribution in [2.45, 2.75) is 0 Å². The first-order valence-corrected chi connectivity index (χ1v) is 10.3. The monoisotopic (exact) mass is 468 g/mol. The number of rotatable bonds is 4. The van der Waals surface area contributed by atoms with Gasteiger partial charge in [0.05, 0.1) is 26.6 Å². The number of hydrogen-bond acceptors (Lipinski definition) is 4. The van der Waals surface area contributed by atoms with Gasteiger partial charge in [-0.25, -0.2) is 9.78 Å². The number of H-pyrrole nitrogens is 1. The predicted molar refractivity (Wildman–Crippen MR) is 126 cm³/mol. The topological polar surface area (TPSA) is 87.3 Å². The number of anilines is 1. The van der Waals surface area contributed by atoms with Crippen LogP contribution in [0.1, 0.15) is 10.4 Å². The van der Waals surface area contributed by atoms with Gasteiger partial charge in [0.2, 0.25) is 0 Å². The van der Waals surface area contributed by atoms with E-state index in [4.69, 9.17) is 27.9 Å². The van der Waals surface area contributed by atoms with Crippen molar-refractivity contribution in [1.29, 1.82) is 0 Å². The van der Waals surface area contributed by atoms with E-state index in [1.54, 1.807) is 74.8 Å². The molecule has 3 aromatic carbocycles. The van der Waals surface area contributed by atoms with E-state index >= 15 is 0 Å². The highest BCUT2D eigenvalue weighted by Gasteiger charge is 2.14. The van der Waals surface area contributed by atoms with E-state index < -0.39 is 6.09 Å². The van der Waals surface area contributed by atoms with Crippen LogP contribution in [0.5, 0.6) is 5.75 Å². The minimum absolute atomic E-state index is 0.121. The van der Waals surface area contributed by atoms with Gasteiger partial charge < -0.3 is 14.6 Å². The van der Waals surface area contributed by atoms with Gasteiger partial charge in [0.1, 0.15) is 11.6 Å². The second kappa shape index (κ2) is 8.90. The summed E-state index contributed by atoms with van der Waals surface area (Å²) in [5.41, 5.74) is 2.96. The minimum Gasteiger partial charge on any atom is -0.410 e. The van der Waals surface area contributed by atoms with Crippen LogP contribution >= 0.6 is 23.2 Å². The Morgan fingerprint density at radius 2 is 1.69 bits per heavy atom. The first-order chi connectivity index (χ1) is 15.3. The molecule has 0 spiro atoms. The van der Waals surface area contributed by atoms with E-state index in [1.807, 2.05) is 0 Å². The molecule has 9 heteroatoms. The van der Waals surface area contributed by atoms with Crippen molar-refractivity contribution in [3.8, 4) is 17.1 Å². The smallest absolute Gasteiger partial charge is 0.410 e. The molecule has 0 bridgehead atoms. The van der Waals surface area contributed by atoms with Gasteiger partial charge >= 0.3 is 6.09 Å². The molecule has 0 radical (unpaired) electrons. The van der Waals surface area contributed by atoms with Crippen LogP contribution in [0.2, 0.25) is 10.0 Å². The number of nitrogens with one attached hydrogen (secondary N) is 2. The maximum Gasteiger partial charge on any atom is 0.417 e. The molecule has 1 aromatic heterocycles. The highest BCUT2D eigenvalue weighted by Crippen LogP contribution is 2.34. The fourth-order valence-electron chi connectivity index (χ4n) is 3.10. The largest absolute Gasteiger partial charge is 0.417 e. The van der Waals surface area contributed by atoms with Gasteiger partial charge in [0.25, 0.3) is 5.91 Å². The molecular formula is C23H18Cl2N4O3. The molecule has 0 saturated carbocycles. The van der Waals surface area contributed by atoms with Crippen molar-refractivity contribution in [1.82, 2.24) is 14.9 Å². The summed E-state index contributed by atoms with van der Waals surface area (Å²) in [6, 6.07) is 16.8. The molecule has 0 atom stereocenters. The number of aromatic amines is 1. The van der Waals surface area contributed by atoms with Crippen LogP contribution in [0.3, 0.4) is 0 Å².